The van der Waals surface area contributed by atoms with Crippen LogP contribution in [-0.4, -0.2) is 97.5 Å². The summed E-state index contributed by atoms with van der Waals surface area (Å²) in [7, 11) is -8.14. The predicted octanol–water partition coefficient (Wildman–Crippen LogP) is 7.20. The van der Waals surface area contributed by atoms with Crippen molar-refractivity contribution in [2.45, 2.75) is 84.0 Å². The fourth-order valence-corrected chi connectivity index (χ4v) is 10.2. The van der Waals surface area contributed by atoms with Gasteiger partial charge in [-0.15, -0.1) is 0 Å². The molecule has 0 bridgehead atoms. The van der Waals surface area contributed by atoms with E-state index in [-0.39, 0.29) is 66.5 Å². The van der Waals surface area contributed by atoms with Gasteiger partial charge in [-0.25, -0.2) is 0 Å². The Hall–Kier alpha value is -6.01. The van der Waals surface area contributed by atoms with E-state index in [2.05, 4.69) is 66.0 Å². The third kappa shape index (κ3) is 12.4. The molecule has 3 heterocycles. The van der Waals surface area contributed by atoms with Gasteiger partial charge in [-0.3, -0.25) is 33.2 Å². The van der Waals surface area contributed by atoms with Crippen LogP contribution in [0, 0.1) is 5.92 Å². The molecule has 4 amide bonds. The van der Waals surface area contributed by atoms with E-state index in [1.807, 2.05) is 60.7 Å². The molecule has 6 rings (SSSR count). The van der Waals surface area contributed by atoms with Crippen LogP contribution < -0.4 is 20.4 Å². The number of anilines is 2. The largest absolute Gasteiger partial charge is 0.352 e. The van der Waals surface area contributed by atoms with Crippen LogP contribution in [0.2, 0.25) is 0 Å². The van der Waals surface area contributed by atoms with E-state index in [1.54, 1.807) is 31.2 Å². The molecule has 17 heteroatoms. The number of para-hydroxylation sites is 1. The first kappa shape index (κ1) is 51.4. The number of unbranched alkanes of at least 4 members (excludes halogenated alkanes) is 2. The van der Waals surface area contributed by atoms with Crippen LogP contribution in [0.4, 0.5) is 17.1 Å². The number of rotatable bonds is 21. The van der Waals surface area contributed by atoms with E-state index < -0.39 is 31.6 Å². The monoisotopic (exact) mass is 968 g/mol. The lowest BCUT2D eigenvalue weighted by atomic mass is 9.81. The highest BCUT2D eigenvalue weighted by atomic mass is 32.2. The van der Waals surface area contributed by atoms with Crippen LogP contribution in [0.5, 0.6) is 0 Å². The van der Waals surface area contributed by atoms with Crippen molar-refractivity contribution in [3.05, 3.63) is 137 Å². The van der Waals surface area contributed by atoms with Crippen LogP contribution in [0.3, 0.4) is 0 Å². The Morgan fingerprint density at radius 2 is 1.37 bits per heavy atom. The molecule has 3 aliphatic rings. The zero-order chi connectivity index (χ0) is 49.4. The number of carbonyl (C=O) groups excluding carboxylic acids is 4. The molecule has 3 aliphatic heterocycles. The number of benzene rings is 3. The van der Waals surface area contributed by atoms with Crippen molar-refractivity contribution >= 4 is 66.6 Å². The summed E-state index contributed by atoms with van der Waals surface area (Å²) in [4.78, 5) is 54.5. The first-order valence-electron chi connectivity index (χ1n) is 22.9. The van der Waals surface area contributed by atoms with Gasteiger partial charge >= 0.3 is 0 Å². The summed E-state index contributed by atoms with van der Waals surface area (Å²) in [5, 5.41) is 5.77. The molecule has 68 heavy (non-hydrogen) atoms. The number of fused-ring (bicyclic) bond motifs is 2. The van der Waals surface area contributed by atoms with Crippen LogP contribution >= 0.6 is 0 Å². The third-order valence-electron chi connectivity index (χ3n) is 12.6. The fraction of sp³-hybridized carbons (Fsp3) is 0.392. The Morgan fingerprint density at radius 1 is 0.735 bits per heavy atom. The molecule has 15 nitrogen and oxygen atoms in total. The Balaban J connectivity index is 1.10. The number of amides is 4. The smallest absolute Gasteiger partial charge is 0.264 e. The van der Waals surface area contributed by atoms with Crippen molar-refractivity contribution in [2.75, 3.05) is 47.5 Å². The lowest BCUT2D eigenvalue weighted by molar-refractivity contribution is -0.438. The molecule has 362 valence electrons. The van der Waals surface area contributed by atoms with Crippen LogP contribution in [0.15, 0.2) is 115 Å². The number of hydrogen-bond donors (Lipinski definition) is 4. The highest BCUT2D eigenvalue weighted by molar-refractivity contribution is 7.86. The highest BCUT2D eigenvalue weighted by Crippen LogP contribution is 2.48. The molecule has 0 spiro atoms. The number of nitrogens with zero attached hydrogens (tertiary/aromatic N) is 3. The molecule has 0 radical (unpaired) electrons. The average Bonchev–Trinajstić information content (AvgIpc) is 3.75. The summed E-state index contributed by atoms with van der Waals surface area (Å²) in [6.45, 7) is 11.8. The first-order valence-corrected chi connectivity index (χ1v) is 26.1. The minimum Gasteiger partial charge on any atom is -0.352 e. The number of nitrogens with one attached hydrogen (secondary N) is 2. The molecule has 4 N–H and O–H groups in total. The normalized spacial score (nSPS) is 18.5. The number of carbonyl (C=O) groups is 4. The van der Waals surface area contributed by atoms with Gasteiger partial charge in [-0.1, -0.05) is 75.4 Å². The van der Waals surface area contributed by atoms with Crippen molar-refractivity contribution in [3.63, 3.8) is 0 Å². The zero-order valence-corrected chi connectivity index (χ0v) is 40.9. The number of allylic oxidation sites excluding steroid dienone is 8. The second-order valence-electron chi connectivity index (χ2n) is 18.4. The highest BCUT2D eigenvalue weighted by Gasteiger charge is 2.44. The fourth-order valence-electron chi connectivity index (χ4n) is 9.07. The van der Waals surface area contributed by atoms with Crippen LogP contribution in [-0.2, 0) is 40.7 Å². The van der Waals surface area contributed by atoms with Gasteiger partial charge < -0.3 is 15.5 Å². The molecule has 1 unspecified atom stereocenters. The van der Waals surface area contributed by atoms with Crippen molar-refractivity contribution in [3.8, 4) is 0 Å². The molecular formula is C51H62N5O10S2+. The molecule has 1 saturated heterocycles. The summed E-state index contributed by atoms with van der Waals surface area (Å²) >= 11 is 0. The Labute approximate surface area is 399 Å². The lowest BCUT2D eigenvalue weighted by Gasteiger charge is -2.27. The van der Waals surface area contributed by atoms with E-state index in [1.165, 1.54) is 11.6 Å². The zero-order valence-electron chi connectivity index (χ0n) is 39.3. The van der Waals surface area contributed by atoms with Crippen molar-refractivity contribution < 1.29 is 49.7 Å². The van der Waals surface area contributed by atoms with Crippen LogP contribution in [0.1, 0.15) is 105 Å². The third-order valence-corrected chi connectivity index (χ3v) is 14.2. The van der Waals surface area contributed by atoms with E-state index in [9.17, 15) is 45.1 Å². The number of hydrogen-bond acceptors (Lipinski definition) is 9. The van der Waals surface area contributed by atoms with E-state index in [0.717, 1.165) is 33.2 Å². The molecule has 1 fully saturated rings. The van der Waals surface area contributed by atoms with Gasteiger partial charge in [0, 0.05) is 84.0 Å². The van der Waals surface area contributed by atoms with Crippen LogP contribution in [0.25, 0.3) is 0 Å². The Bertz CT molecular complexity index is 2820. The van der Waals surface area contributed by atoms with Gasteiger partial charge in [-0.05, 0) is 87.6 Å². The molecular weight excluding hydrogens is 907 g/mol. The molecule has 0 aliphatic carbocycles. The Morgan fingerprint density at radius 3 is 2.03 bits per heavy atom. The second kappa shape index (κ2) is 21.5. The molecule has 1 atom stereocenters. The molecule has 0 aromatic heterocycles. The standard InChI is InChI=1S/C51H61N5O10S2/c1-36-33-46(57)56(49(36)60)39-20-17-19-37(34-39)47(58)52-27-18-28-53-48(59)38-25-26-43-41(35-38)51(4,5)45(55(43)30-14-16-32-68(64,65)66)24-10-8-6-7-9-23-44-50(2,3)40-21-11-12-22-42(40)54(44)29-13-15-31-67(61,62)63/h6-12,17,19-26,34-36H,13-16,18,27-33H2,1-5H3,(H3-,52,53,58,59,61,62,63,64,65,66)/p+1. The minimum atomic E-state index is -4.11. The van der Waals surface area contributed by atoms with Gasteiger partial charge in [0.05, 0.1) is 22.6 Å². The van der Waals surface area contributed by atoms with E-state index in [4.69, 9.17) is 0 Å². The van der Waals surface area contributed by atoms with Crippen molar-refractivity contribution in [1.82, 2.24) is 10.6 Å². The van der Waals surface area contributed by atoms with Gasteiger partial charge in [0.25, 0.3) is 32.1 Å². The molecule has 3 aromatic carbocycles. The number of imide groups is 1. The van der Waals surface area contributed by atoms with Gasteiger partial charge in [0.2, 0.25) is 17.5 Å². The van der Waals surface area contributed by atoms with Gasteiger partial charge in [-0.2, -0.15) is 21.4 Å². The minimum absolute atomic E-state index is 0.131. The predicted molar refractivity (Wildman–Crippen MR) is 265 cm³/mol. The quantitative estimate of drug-likeness (QED) is 0.0276. The SMILES string of the molecule is CC1CC(=O)N(c2cccc(C(=O)NCCCNC(=O)c3ccc4c(c3)C(C)(C)\C(=C/C=C/C=C/C=C/C3=[N+](CCCCS(=O)(=O)O)c5ccccc5C3(C)C)N4CCCCS(=O)(=O)O)c2)C1=O. The van der Waals surface area contributed by atoms with E-state index in [0.29, 0.717) is 55.6 Å². The lowest BCUT2D eigenvalue weighted by Crippen LogP contribution is -2.31. The van der Waals surface area contributed by atoms with Gasteiger partial charge in [0.1, 0.15) is 6.54 Å². The summed E-state index contributed by atoms with van der Waals surface area (Å²) < 4.78 is 66.4. The second-order valence-corrected chi connectivity index (χ2v) is 21.6. The van der Waals surface area contributed by atoms with Crippen molar-refractivity contribution in [1.29, 1.82) is 0 Å². The summed E-state index contributed by atoms with van der Waals surface area (Å²) in [5.74, 6) is -2.28. The summed E-state index contributed by atoms with van der Waals surface area (Å²) in [6, 6.07) is 20.0. The molecule has 0 saturated carbocycles. The summed E-state index contributed by atoms with van der Waals surface area (Å²) in [5.41, 5.74) is 6.33. The maximum atomic E-state index is 13.4. The van der Waals surface area contributed by atoms with E-state index >= 15 is 0 Å². The first-order chi connectivity index (χ1) is 32.1. The summed E-state index contributed by atoms with van der Waals surface area (Å²) in [6.07, 6.45) is 16.0. The van der Waals surface area contributed by atoms with Crippen molar-refractivity contribution in [2.24, 2.45) is 5.92 Å². The maximum Gasteiger partial charge on any atom is 0.264 e. The Kier molecular flexibility index (Phi) is 16.3. The topological polar surface area (TPSA) is 211 Å². The maximum absolute atomic E-state index is 13.4. The van der Waals surface area contributed by atoms with Gasteiger partial charge in [0.15, 0.2) is 5.71 Å². The average molecular weight is 969 g/mol. The molecule has 3 aromatic rings.